The average Bonchev–Trinajstić information content (AvgIpc) is 3.46. The number of nitrogens with one attached hydrogen (secondary N) is 2. The average molecular weight is 425 g/mol. The number of benzene rings is 1. The number of carboxylic acids is 1. The van der Waals surface area contributed by atoms with Gasteiger partial charge in [0.2, 0.25) is 17.7 Å². The van der Waals surface area contributed by atoms with Crippen LogP contribution in [-0.2, 0) is 24.7 Å². The normalized spacial score (nSPS) is 32.1. The van der Waals surface area contributed by atoms with Crippen molar-refractivity contribution >= 4 is 29.4 Å². The van der Waals surface area contributed by atoms with E-state index >= 15 is 0 Å². The van der Waals surface area contributed by atoms with Gasteiger partial charge in [0.05, 0.1) is 11.8 Å². The molecular weight excluding hydrogens is 398 g/mol. The summed E-state index contributed by atoms with van der Waals surface area (Å²) in [6.07, 6.45) is 3.58. The molecule has 1 aromatic rings. The van der Waals surface area contributed by atoms with Gasteiger partial charge in [0, 0.05) is 29.8 Å². The lowest BCUT2D eigenvalue weighted by molar-refractivity contribution is -0.145. The fraction of sp³-hybridized carbons (Fsp3) is 0.565. The number of nitrogens with zero attached hydrogens (tertiary/aromatic N) is 1. The Kier molecular flexibility index (Phi) is 4.48. The van der Waals surface area contributed by atoms with E-state index in [1.165, 1.54) is 4.90 Å². The standard InChI is InChI=1S/C23H27N3O5/c1-11-7-8-14-19(12(11)2)24-22(31)23(14)18-17(15(25-23)9-10-16(27)28)20(29)26(21(18)30)13-5-3-4-6-13/h7-8,13,15,17-18,25H,3-6,9-10H2,1-2H3,(H,24,31)(H,27,28)/t15-,17-,18-,23+/m1/s1. The minimum absolute atomic E-state index is 0.119. The van der Waals surface area contributed by atoms with Crippen LogP contribution in [0, 0.1) is 25.7 Å². The summed E-state index contributed by atoms with van der Waals surface area (Å²) < 4.78 is 0. The zero-order chi connectivity index (χ0) is 22.1. The lowest BCUT2D eigenvalue weighted by atomic mass is 9.76. The minimum atomic E-state index is -1.35. The Balaban J connectivity index is 1.63. The second-order valence-corrected chi connectivity index (χ2v) is 9.36. The molecule has 164 valence electrons. The Bertz CT molecular complexity index is 1010. The van der Waals surface area contributed by atoms with E-state index in [2.05, 4.69) is 10.6 Å². The van der Waals surface area contributed by atoms with Crippen molar-refractivity contribution in [1.29, 1.82) is 0 Å². The first-order valence-corrected chi connectivity index (χ1v) is 11.1. The Morgan fingerprint density at radius 3 is 2.55 bits per heavy atom. The van der Waals surface area contributed by atoms with Crippen LogP contribution >= 0.6 is 0 Å². The maximum atomic E-state index is 13.7. The number of hydrogen-bond donors (Lipinski definition) is 3. The topological polar surface area (TPSA) is 116 Å². The summed E-state index contributed by atoms with van der Waals surface area (Å²) in [5, 5.41) is 15.5. The van der Waals surface area contributed by atoms with Crippen molar-refractivity contribution in [3.63, 3.8) is 0 Å². The van der Waals surface area contributed by atoms with Crippen LogP contribution in [-0.4, -0.2) is 45.8 Å². The molecule has 2 saturated heterocycles. The molecule has 0 bridgehead atoms. The number of aliphatic carboxylic acids is 1. The van der Waals surface area contributed by atoms with E-state index in [0.717, 1.165) is 36.8 Å². The number of imide groups is 1. The fourth-order valence-electron chi connectivity index (χ4n) is 6.19. The number of hydrogen-bond acceptors (Lipinski definition) is 5. The van der Waals surface area contributed by atoms with E-state index in [-0.39, 0.29) is 36.6 Å². The third kappa shape index (κ3) is 2.63. The number of aryl methyl sites for hydroxylation is 1. The van der Waals surface area contributed by atoms with Crippen LogP contribution in [0.3, 0.4) is 0 Å². The Morgan fingerprint density at radius 1 is 1.16 bits per heavy atom. The lowest BCUT2D eigenvalue weighted by Gasteiger charge is -2.31. The van der Waals surface area contributed by atoms with Gasteiger partial charge in [-0.15, -0.1) is 0 Å². The van der Waals surface area contributed by atoms with Crippen molar-refractivity contribution < 1.29 is 24.3 Å². The van der Waals surface area contributed by atoms with Gasteiger partial charge in [-0.25, -0.2) is 0 Å². The highest BCUT2D eigenvalue weighted by Gasteiger charge is 2.71. The number of anilines is 1. The van der Waals surface area contributed by atoms with Gasteiger partial charge in [0.1, 0.15) is 5.54 Å². The molecule has 3 N–H and O–H groups in total. The molecule has 1 saturated carbocycles. The van der Waals surface area contributed by atoms with Crippen LogP contribution < -0.4 is 10.6 Å². The molecule has 3 aliphatic heterocycles. The third-order valence-electron chi connectivity index (χ3n) is 7.81. The maximum Gasteiger partial charge on any atom is 0.303 e. The van der Waals surface area contributed by atoms with Crippen LogP contribution in [0.2, 0.25) is 0 Å². The van der Waals surface area contributed by atoms with Gasteiger partial charge in [0.15, 0.2) is 0 Å². The second-order valence-electron chi connectivity index (χ2n) is 9.36. The van der Waals surface area contributed by atoms with Crippen molar-refractivity contribution in [3.8, 4) is 0 Å². The summed E-state index contributed by atoms with van der Waals surface area (Å²) in [6, 6.07) is 3.11. The van der Waals surface area contributed by atoms with Crippen molar-refractivity contribution in [1.82, 2.24) is 10.2 Å². The number of fused-ring (bicyclic) bond motifs is 4. The van der Waals surface area contributed by atoms with Gasteiger partial charge < -0.3 is 10.4 Å². The molecule has 1 aliphatic carbocycles. The lowest BCUT2D eigenvalue weighted by Crippen LogP contribution is -2.54. The van der Waals surface area contributed by atoms with Crippen LogP contribution in [0.25, 0.3) is 0 Å². The predicted octanol–water partition coefficient (Wildman–Crippen LogP) is 1.83. The summed E-state index contributed by atoms with van der Waals surface area (Å²) in [4.78, 5) is 53.3. The van der Waals surface area contributed by atoms with E-state index < -0.39 is 29.4 Å². The first-order valence-electron chi connectivity index (χ1n) is 11.1. The molecule has 3 amide bonds. The maximum absolute atomic E-state index is 13.7. The molecule has 0 aromatic heterocycles. The SMILES string of the molecule is Cc1ccc2c(c1C)NC(=O)[C@]21N[C@H](CCC(=O)O)[C@H]2C(=O)N(C3CCCC3)C(=O)[C@@H]21. The first kappa shape index (κ1) is 20.2. The highest BCUT2D eigenvalue weighted by atomic mass is 16.4. The zero-order valence-corrected chi connectivity index (χ0v) is 17.7. The molecule has 4 aliphatic rings. The predicted molar refractivity (Wildman–Crippen MR) is 111 cm³/mol. The summed E-state index contributed by atoms with van der Waals surface area (Å²) in [6.45, 7) is 3.88. The smallest absolute Gasteiger partial charge is 0.303 e. The quantitative estimate of drug-likeness (QED) is 0.634. The zero-order valence-electron chi connectivity index (χ0n) is 17.7. The van der Waals surface area contributed by atoms with E-state index in [1.54, 1.807) is 0 Å². The molecule has 8 heteroatoms. The van der Waals surface area contributed by atoms with Crippen LogP contribution in [0.5, 0.6) is 0 Å². The first-order chi connectivity index (χ1) is 14.8. The molecule has 5 rings (SSSR count). The third-order valence-corrected chi connectivity index (χ3v) is 7.81. The van der Waals surface area contributed by atoms with Crippen LogP contribution in [0.15, 0.2) is 12.1 Å². The van der Waals surface area contributed by atoms with E-state index in [4.69, 9.17) is 0 Å². The molecule has 3 heterocycles. The van der Waals surface area contributed by atoms with Gasteiger partial charge in [0.25, 0.3) is 0 Å². The molecule has 31 heavy (non-hydrogen) atoms. The molecular formula is C23H27N3O5. The number of amides is 3. The largest absolute Gasteiger partial charge is 0.481 e. The van der Waals surface area contributed by atoms with Gasteiger partial charge in [-0.05, 0) is 44.2 Å². The highest BCUT2D eigenvalue weighted by Crippen LogP contribution is 2.55. The highest BCUT2D eigenvalue weighted by molar-refractivity contribution is 6.15. The van der Waals surface area contributed by atoms with Gasteiger partial charge >= 0.3 is 5.97 Å². The van der Waals surface area contributed by atoms with Gasteiger partial charge in [-0.2, -0.15) is 0 Å². The van der Waals surface area contributed by atoms with E-state index in [0.29, 0.717) is 11.3 Å². The Labute approximate surface area is 180 Å². The van der Waals surface area contributed by atoms with Gasteiger partial charge in [-0.3, -0.25) is 29.4 Å². The minimum Gasteiger partial charge on any atom is -0.481 e. The number of carbonyl (C=O) groups excluding carboxylic acids is 3. The number of carbonyl (C=O) groups is 4. The van der Waals surface area contributed by atoms with Crippen LogP contribution in [0.4, 0.5) is 5.69 Å². The molecule has 8 nitrogen and oxygen atoms in total. The Morgan fingerprint density at radius 2 is 1.87 bits per heavy atom. The number of likely N-dealkylation sites (tertiary alicyclic amines) is 1. The summed E-state index contributed by atoms with van der Waals surface area (Å²) >= 11 is 0. The molecule has 3 fully saturated rings. The van der Waals surface area contributed by atoms with Crippen molar-refractivity contribution in [2.24, 2.45) is 11.8 Å². The van der Waals surface area contributed by atoms with Crippen molar-refractivity contribution in [2.45, 2.75) is 70.0 Å². The van der Waals surface area contributed by atoms with E-state index in [1.807, 2.05) is 26.0 Å². The molecule has 1 aromatic carbocycles. The summed E-state index contributed by atoms with van der Waals surface area (Å²) in [5.74, 6) is -3.45. The number of carboxylic acid groups (broad SMARTS) is 1. The second kappa shape index (κ2) is 6.88. The molecule has 4 atom stereocenters. The summed E-state index contributed by atoms with van der Waals surface area (Å²) in [5.41, 5.74) is 1.98. The summed E-state index contributed by atoms with van der Waals surface area (Å²) in [7, 11) is 0. The molecule has 0 radical (unpaired) electrons. The molecule has 0 unspecified atom stereocenters. The number of rotatable bonds is 4. The van der Waals surface area contributed by atoms with E-state index in [9.17, 15) is 24.3 Å². The van der Waals surface area contributed by atoms with Gasteiger partial charge in [-0.1, -0.05) is 25.0 Å². The molecule has 1 spiro atoms. The fourth-order valence-corrected chi connectivity index (χ4v) is 6.19. The monoisotopic (exact) mass is 425 g/mol. The van der Waals surface area contributed by atoms with Crippen molar-refractivity contribution in [3.05, 3.63) is 28.8 Å². The van der Waals surface area contributed by atoms with Crippen molar-refractivity contribution in [2.75, 3.05) is 5.32 Å². The Hall–Kier alpha value is -2.74. The van der Waals surface area contributed by atoms with Crippen LogP contribution in [0.1, 0.15) is 55.2 Å².